The highest BCUT2D eigenvalue weighted by atomic mass is 19.1. The number of H-pyrrole nitrogens is 1. The van der Waals surface area contributed by atoms with E-state index in [2.05, 4.69) is 15.3 Å². The number of anilines is 2. The maximum atomic E-state index is 13.9. The van der Waals surface area contributed by atoms with E-state index in [0.717, 1.165) is 0 Å². The van der Waals surface area contributed by atoms with Crippen LogP contribution in [0, 0.1) is 5.82 Å². The molecule has 2 heterocycles. The molecule has 1 amide bonds. The van der Waals surface area contributed by atoms with Crippen LogP contribution in [0.4, 0.5) is 16.2 Å². The Bertz CT molecular complexity index is 756. The number of nitrogens with one attached hydrogen (secondary N) is 2. The van der Waals surface area contributed by atoms with Crippen LogP contribution in [0.15, 0.2) is 29.1 Å². The Kier molecular flexibility index (Phi) is 2.74. The van der Waals surface area contributed by atoms with Crippen molar-refractivity contribution in [3.8, 4) is 0 Å². The van der Waals surface area contributed by atoms with Crippen LogP contribution in [-0.4, -0.2) is 15.9 Å². The summed E-state index contributed by atoms with van der Waals surface area (Å²) >= 11 is 0. The molecule has 1 aromatic heterocycles. The Balaban J connectivity index is 2.23. The van der Waals surface area contributed by atoms with Crippen LogP contribution in [0.5, 0.6) is 0 Å². The number of aromatic nitrogens is 2. The number of carbonyl (C=O) groups is 1. The molecular formula is C13H11FN4O2. The Labute approximate surface area is 112 Å². The van der Waals surface area contributed by atoms with E-state index >= 15 is 0 Å². The summed E-state index contributed by atoms with van der Waals surface area (Å²) in [5.41, 5.74) is 5.50. The third kappa shape index (κ3) is 1.93. The number of amides is 1. The van der Waals surface area contributed by atoms with E-state index in [9.17, 15) is 14.0 Å². The van der Waals surface area contributed by atoms with Crippen molar-refractivity contribution in [2.75, 3.05) is 11.1 Å². The van der Waals surface area contributed by atoms with Gasteiger partial charge in [-0.2, -0.15) is 4.98 Å². The van der Waals surface area contributed by atoms with Crippen molar-refractivity contribution >= 4 is 17.7 Å². The molecule has 102 valence electrons. The van der Waals surface area contributed by atoms with E-state index in [1.54, 1.807) is 18.2 Å². The van der Waals surface area contributed by atoms with Crippen molar-refractivity contribution in [3.63, 3.8) is 0 Å². The number of fused-ring (bicyclic) bond motifs is 1. The summed E-state index contributed by atoms with van der Waals surface area (Å²) in [6.45, 7) is 0. The molecule has 0 saturated carbocycles. The molecule has 1 aromatic carbocycles. The summed E-state index contributed by atoms with van der Waals surface area (Å²) in [5.74, 6) is -1.46. The third-order valence-corrected chi connectivity index (χ3v) is 3.25. The Morgan fingerprint density at radius 3 is 2.80 bits per heavy atom. The Morgan fingerprint density at radius 2 is 2.05 bits per heavy atom. The maximum absolute atomic E-state index is 13.9. The minimum Gasteiger partial charge on any atom is -0.369 e. The predicted molar refractivity (Wildman–Crippen MR) is 70.8 cm³/mol. The fraction of sp³-hybridized carbons (Fsp3) is 0.154. The zero-order valence-corrected chi connectivity index (χ0v) is 10.3. The molecule has 3 rings (SSSR count). The van der Waals surface area contributed by atoms with Gasteiger partial charge in [0.05, 0.1) is 5.56 Å². The third-order valence-electron chi connectivity index (χ3n) is 3.25. The van der Waals surface area contributed by atoms with Gasteiger partial charge >= 0.3 is 0 Å². The normalized spacial score (nSPS) is 17.4. The van der Waals surface area contributed by atoms with Crippen molar-refractivity contribution in [3.05, 3.63) is 51.6 Å². The zero-order valence-electron chi connectivity index (χ0n) is 10.3. The molecule has 20 heavy (non-hydrogen) atoms. The number of aromatic amines is 1. The lowest BCUT2D eigenvalue weighted by molar-refractivity contribution is -0.116. The number of nitrogens with zero attached hydrogens (tertiary/aromatic N) is 1. The van der Waals surface area contributed by atoms with Gasteiger partial charge < -0.3 is 11.1 Å². The monoisotopic (exact) mass is 274 g/mol. The van der Waals surface area contributed by atoms with Crippen LogP contribution in [0.3, 0.4) is 0 Å². The molecule has 4 N–H and O–H groups in total. The molecule has 0 fully saturated rings. The quantitative estimate of drug-likeness (QED) is 0.721. The van der Waals surface area contributed by atoms with Gasteiger partial charge in [0, 0.05) is 12.3 Å². The molecule has 0 spiro atoms. The largest absolute Gasteiger partial charge is 0.369 e. The summed E-state index contributed by atoms with van der Waals surface area (Å²) in [4.78, 5) is 30.0. The van der Waals surface area contributed by atoms with Crippen LogP contribution in [-0.2, 0) is 4.79 Å². The Hall–Kier alpha value is -2.70. The van der Waals surface area contributed by atoms with Gasteiger partial charge in [0.2, 0.25) is 11.9 Å². The highest BCUT2D eigenvalue weighted by Crippen LogP contribution is 2.34. The number of carbonyl (C=O) groups excluding carboxylic acids is 1. The number of hydrogen-bond acceptors (Lipinski definition) is 4. The summed E-state index contributed by atoms with van der Waals surface area (Å²) in [6, 6.07) is 6.05. The molecule has 1 aliphatic heterocycles. The van der Waals surface area contributed by atoms with Gasteiger partial charge in [-0.15, -0.1) is 0 Å². The van der Waals surface area contributed by atoms with Gasteiger partial charge in [0.15, 0.2) is 0 Å². The average molecular weight is 274 g/mol. The summed E-state index contributed by atoms with van der Waals surface area (Å²) in [7, 11) is 0. The fourth-order valence-corrected chi connectivity index (χ4v) is 2.41. The average Bonchev–Trinajstić information content (AvgIpc) is 2.37. The lowest BCUT2D eigenvalue weighted by Gasteiger charge is -2.24. The van der Waals surface area contributed by atoms with Crippen molar-refractivity contribution in [2.45, 2.75) is 12.3 Å². The van der Waals surface area contributed by atoms with E-state index < -0.39 is 17.3 Å². The number of nitrogen functional groups attached to an aromatic ring is 1. The first-order valence-electron chi connectivity index (χ1n) is 6.00. The molecule has 0 bridgehead atoms. The van der Waals surface area contributed by atoms with E-state index in [0.29, 0.717) is 5.56 Å². The maximum Gasteiger partial charge on any atom is 0.258 e. The van der Waals surface area contributed by atoms with Crippen molar-refractivity contribution in [2.24, 2.45) is 0 Å². The highest BCUT2D eigenvalue weighted by molar-refractivity contribution is 5.94. The molecule has 2 aromatic rings. The number of halogens is 1. The highest BCUT2D eigenvalue weighted by Gasteiger charge is 2.32. The van der Waals surface area contributed by atoms with Gasteiger partial charge in [-0.1, -0.05) is 18.2 Å². The van der Waals surface area contributed by atoms with E-state index in [-0.39, 0.29) is 29.7 Å². The molecular weight excluding hydrogens is 263 g/mol. The van der Waals surface area contributed by atoms with Gasteiger partial charge in [0.25, 0.3) is 5.56 Å². The van der Waals surface area contributed by atoms with Crippen LogP contribution >= 0.6 is 0 Å². The minimum atomic E-state index is -0.670. The number of benzene rings is 1. The molecule has 1 aliphatic rings. The van der Waals surface area contributed by atoms with Crippen LogP contribution < -0.4 is 16.6 Å². The second kappa shape index (κ2) is 4.44. The molecule has 7 heteroatoms. The fourth-order valence-electron chi connectivity index (χ4n) is 2.41. The molecule has 1 atom stereocenters. The summed E-state index contributed by atoms with van der Waals surface area (Å²) in [5, 5.41) is 2.49. The first-order chi connectivity index (χ1) is 9.56. The lowest BCUT2D eigenvalue weighted by Crippen LogP contribution is -2.31. The number of hydrogen-bond donors (Lipinski definition) is 3. The number of rotatable bonds is 1. The molecule has 0 unspecified atom stereocenters. The standard InChI is InChI=1S/C13H11FN4O2/c14-8-4-2-1-3-6(8)7-5-9(19)16-11-10(7)12(20)18-13(15)17-11/h1-4,7H,5H2,(H4,15,16,17,18,19,20)/t7-/m0/s1. The predicted octanol–water partition coefficient (Wildman–Crippen LogP) is 0.965. The van der Waals surface area contributed by atoms with Crippen LogP contribution in [0.2, 0.25) is 0 Å². The van der Waals surface area contributed by atoms with Crippen LogP contribution in [0.25, 0.3) is 0 Å². The van der Waals surface area contributed by atoms with Crippen LogP contribution in [0.1, 0.15) is 23.5 Å². The van der Waals surface area contributed by atoms with Crippen molar-refractivity contribution < 1.29 is 9.18 Å². The zero-order chi connectivity index (χ0) is 14.3. The second-order valence-electron chi connectivity index (χ2n) is 4.54. The summed E-state index contributed by atoms with van der Waals surface area (Å²) in [6.07, 6.45) is -0.0113. The van der Waals surface area contributed by atoms with Gasteiger partial charge in [-0.25, -0.2) is 4.39 Å². The minimum absolute atomic E-state index is 0.0113. The first-order valence-corrected chi connectivity index (χ1v) is 6.00. The second-order valence-corrected chi connectivity index (χ2v) is 4.54. The van der Waals surface area contributed by atoms with E-state index in [1.807, 2.05) is 0 Å². The van der Waals surface area contributed by atoms with Crippen molar-refractivity contribution in [1.29, 1.82) is 0 Å². The van der Waals surface area contributed by atoms with Crippen molar-refractivity contribution in [1.82, 2.24) is 9.97 Å². The molecule has 0 saturated heterocycles. The molecule has 0 aliphatic carbocycles. The van der Waals surface area contributed by atoms with E-state index in [4.69, 9.17) is 5.73 Å². The van der Waals surface area contributed by atoms with Gasteiger partial charge in [-0.05, 0) is 11.6 Å². The molecule has 0 radical (unpaired) electrons. The molecule has 6 nitrogen and oxygen atoms in total. The first kappa shape index (κ1) is 12.3. The van der Waals surface area contributed by atoms with Gasteiger partial charge in [-0.3, -0.25) is 14.6 Å². The van der Waals surface area contributed by atoms with Gasteiger partial charge in [0.1, 0.15) is 11.6 Å². The summed E-state index contributed by atoms with van der Waals surface area (Å²) < 4.78 is 13.9. The Morgan fingerprint density at radius 1 is 1.30 bits per heavy atom. The van der Waals surface area contributed by atoms with E-state index in [1.165, 1.54) is 6.07 Å². The number of nitrogens with two attached hydrogens (primary N) is 1. The topological polar surface area (TPSA) is 101 Å². The SMILES string of the molecule is Nc1nc2c(c(=O)[nH]1)[C@H](c1ccccc1F)CC(=O)N2. The lowest BCUT2D eigenvalue weighted by atomic mass is 9.86. The smallest absolute Gasteiger partial charge is 0.258 e.